The monoisotopic (exact) mass is 197 g/mol. The lowest BCUT2D eigenvalue weighted by Crippen LogP contribution is -2.29. The maximum Gasteiger partial charge on any atom is 0.136 e. The van der Waals surface area contributed by atoms with E-state index in [9.17, 15) is 4.79 Å². The molecular formula is C11H18OP-3. The van der Waals surface area contributed by atoms with Crippen molar-refractivity contribution in [2.45, 2.75) is 33.6 Å². The fraction of sp³-hybridized carbons (Fsp3) is 0.727. The van der Waals surface area contributed by atoms with Crippen molar-refractivity contribution in [2.75, 3.05) is 0 Å². The van der Waals surface area contributed by atoms with E-state index in [0.717, 1.165) is 12.8 Å². The van der Waals surface area contributed by atoms with Crippen LogP contribution in [0.3, 0.4) is 0 Å². The number of rotatable bonds is 1. The maximum absolute atomic E-state index is 11.5. The summed E-state index contributed by atoms with van der Waals surface area (Å²) in [4.78, 5) is 11.5. The van der Waals surface area contributed by atoms with Crippen molar-refractivity contribution in [3.05, 3.63) is 12.2 Å². The molecule has 1 saturated carbocycles. The summed E-state index contributed by atoms with van der Waals surface area (Å²) in [5.41, 5.74) is 1.17. The first-order chi connectivity index (χ1) is 5.52. The molecule has 0 radical (unpaired) electrons. The topological polar surface area (TPSA) is 17.1 Å². The highest BCUT2D eigenvalue weighted by Gasteiger charge is 2.30. The summed E-state index contributed by atoms with van der Waals surface area (Å²) in [5.74, 6) is 1.67. The zero-order valence-corrected chi connectivity index (χ0v) is 9.60. The molecule has 0 aromatic heterocycles. The quantitative estimate of drug-likeness (QED) is 0.463. The van der Waals surface area contributed by atoms with Gasteiger partial charge in [0.25, 0.3) is 0 Å². The van der Waals surface area contributed by atoms with Gasteiger partial charge in [-0.3, -0.25) is 4.79 Å². The van der Waals surface area contributed by atoms with Crippen molar-refractivity contribution in [3.8, 4) is 0 Å². The molecule has 0 aromatic carbocycles. The first kappa shape index (κ1) is 12.8. The van der Waals surface area contributed by atoms with Gasteiger partial charge in [-0.1, -0.05) is 26.0 Å². The minimum atomic E-state index is 0. The smallest absolute Gasteiger partial charge is 0.136 e. The summed E-state index contributed by atoms with van der Waals surface area (Å²) in [7, 11) is 0. The second kappa shape index (κ2) is 4.91. The number of hydrogen-bond donors (Lipinski definition) is 0. The molecule has 3 atom stereocenters. The third-order valence-electron chi connectivity index (χ3n) is 3.16. The zero-order valence-electron chi connectivity index (χ0n) is 8.71. The van der Waals surface area contributed by atoms with Crippen molar-refractivity contribution in [2.24, 2.45) is 17.8 Å². The zero-order chi connectivity index (χ0) is 9.30. The summed E-state index contributed by atoms with van der Waals surface area (Å²) in [6.07, 6.45) is 1.86. The summed E-state index contributed by atoms with van der Waals surface area (Å²) < 4.78 is 0. The predicted molar refractivity (Wildman–Crippen MR) is 57.8 cm³/mol. The Morgan fingerprint density at radius 2 is 2.00 bits per heavy atom. The minimum Gasteiger partial charge on any atom is -3.00 e. The van der Waals surface area contributed by atoms with Crippen LogP contribution in [0, 0.1) is 17.8 Å². The average Bonchev–Trinajstić information content (AvgIpc) is 1.99. The number of carbonyl (C=O) groups excluding carboxylic acids is 1. The van der Waals surface area contributed by atoms with Crippen molar-refractivity contribution in [1.82, 2.24) is 0 Å². The Kier molecular flexibility index (Phi) is 4.85. The highest BCUT2D eigenvalue weighted by Crippen LogP contribution is 2.33. The van der Waals surface area contributed by atoms with Gasteiger partial charge in [0.15, 0.2) is 0 Å². The molecule has 1 rings (SSSR count). The Morgan fingerprint density at radius 1 is 1.46 bits per heavy atom. The average molecular weight is 197 g/mol. The predicted octanol–water partition coefficient (Wildman–Crippen LogP) is 3.68. The molecule has 0 N–H and O–H groups in total. The van der Waals surface area contributed by atoms with Crippen molar-refractivity contribution in [3.63, 3.8) is 0 Å². The van der Waals surface area contributed by atoms with E-state index in [1.54, 1.807) is 0 Å². The van der Waals surface area contributed by atoms with E-state index < -0.39 is 0 Å². The van der Waals surface area contributed by atoms with Gasteiger partial charge in [0.05, 0.1) is 0 Å². The minimum absolute atomic E-state index is 0. The number of hydrogen-bond acceptors (Lipinski definition) is 1. The molecule has 1 nitrogen and oxygen atoms in total. The molecule has 0 amide bonds. The standard InChI is InChI=1S/C11H18O.P/c1-7(2)10-5-8(3)9(4)11(12)6-10;/h8-10H,1,5-6H2,2-4H3;/q;-3. The van der Waals surface area contributed by atoms with Crippen LogP contribution >= 0.6 is 9.90 Å². The van der Waals surface area contributed by atoms with Crippen LogP contribution in [0.1, 0.15) is 33.6 Å². The Balaban J connectivity index is 0.00000144. The summed E-state index contributed by atoms with van der Waals surface area (Å²) >= 11 is 0. The molecule has 13 heavy (non-hydrogen) atoms. The third kappa shape index (κ3) is 2.91. The molecule has 0 heterocycles. The molecule has 0 bridgehead atoms. The van der Waals surface area contributed by atoms with Gasteiger partial charge in [-0.05, 0) is 25.2 Å². The highest BCUT2D eigenvalue weighted by molar-refractivity contribution is 6.92. The molecule has 1 aliphatic carbocycles. The molecule has 0 spiro atoms. The summed E-state index contributed by atoms with van der Waals surface area (Å²) in [6, 6.07) is 0. The lowest BCUT2D eigenvalue weighted by molar-refractivity contribution is -0.126. The van der Waals surface area contributed by atoms with Gasteiger partial charge < -0.3 is 9.90 Å². The van der Waals surface area contributed by atoms with Gasteiger partial charge in [0, 0.05) is 12.3 Å². The molecule has 2 heteroatoms. The van der Waals surface area contributed by atoms with E-state index >= 15 is 0 Å². The molecule has 0 aliphatic heterocycles. The van der Waals surface area contributed by atoms with Gasteiger partial charge in [-0.25, -0.2) is 0 Å². The van der Waals surface area contributed by atoms with Crippen LogP contribution in [0.5, 0.6) is 0 Å². The van der Waals surface area contributed by atoms with E-state index in [2.05, 4.69) is 13.5 Å². The van der Waals surface area contributed by atoms with Gasteiger partial charge in [-0.15, -0.1) is 0 Å². The van der Waals surface area contributed by atoms with Gasteiger partial charge >= 0.3 is 0 Å². The highest BCUT2D eigenvalue weighted by atomic mass is 31.0. The van der Waals surface area contributed by atoms with Gasteiger partial charge in [-0.2, -0.15) is 0 Å². The number of allylic oxidation sites excluding steroid dienone is 1. The number of Topliss-reactive ketones (excluding diaryl/α,β-unsaturated/α-hetero) is 1. The largest absolute Gasteiger partial charge is 3.00 e. The van der Waals surface area contributed by atoms with Crippen LogP contribution in [0.4, 0.5) is 0 Å². The van der Waals surface area contributed by atoms with Crippen molar-refractivity contribution in [1.29, 1.82) is 0 Å². The molecular weight excluding hydrogens is 179 g/mol. The molecule has 76 valence electrons. The Labute approximate surface area is 84.6 Å². The molecule has 0 saturated heterocycles. The fourth-order valence-electron chi connectivity index (χ4n) is 1.86. The van der Waals surface area contributed by atoms with E-state index in [1.807, 2.05) is 13.8 Å². The van der Waals surface area contributed by atoms with Crippen LogP contribution in [-0.2, 0) is 4.79 Å². The van der Waals surface area contributed by atoms with Crippen molar-refractivity contribution < 1.29 is 4.79 Å². The SMILES string of the molecule is C=C(C)C1CC(=O)C(C)C(C)C1.[P-3]. The Bertz CT molecular complexity index is 210. The van der Waals surface area contributed by atoms with Gasteiger partial charge in [0.2, 0.25) is 0 Å². The second-order valence-corrected chi connectivity index (χ2v) is 4.22. The molecule has 3 unspecified atom stereocenters. The normalized spacial score (nSPS) is 33.8. The van der Waals surface area contributed by atoms with Crippen molar-refractivity contribution >= 4 is 15.7 Å². The summed E-state index contributed by atoms with van der Waals surface area (Å²) in [6.45, 7) is 10.2. The number of ketones is 1. The van der Waals surface area contributed by atoms with Crippen LogP contribution in [-0.4, -0.2) is 5.78 Å². The van der Waals surface area contributed by atoms with E-state index in [4.69, 9.17) is 0 Å². The lowest BCUT2D eigenvalue weighted by Gasteiger charge is -3.00. The van der Waals surface area contributed by atoms with Crippen LogP contribution in [0.25, 0.3) is 0 Å². The third-order valence-corrected chi connectivity index (χ3v) is 3.16. The maximum atomic E-state index is 11.5. The van der Waals surface area contributed by atoms with E-state index in [1.165, 1.54) is 5.57 Å². The molecule has 1 fully saturated rings. The summed E-state index contributed by atoms with van der Waals surface area (Å²) in [5, 5.41) is 0. The molecule has 0 aromatic rings. The first-order valence-electron chi connectivity index (χ1n) is 4.70. The van der Waals surface area contributed by atoms with E-state index in [-0.39, 0.29) is 15.8 Å². The lowest BCUT2D eigenvalue weighted by atomic mass is 9.73. The van der Waals surface area contributed by atoms with Crippen LogP contribution in [0.2, 0.25) is 0 Å². The second-order valence-electron chi connectivity index (χ2n) is 4.22. The van der Waals surface area contributed by atoms with Crippen LogP contribution in [0.15, 0.2) is 12.2 Å². The Hall–Kier alpha value is -0.160. The van der Waals surface area contributed by atoms with Crippen LogP contribution < -0.4 is 0 Å². The fourth-order valence-corrected chi connectivity index (χ4v) is 1.86. The van der Waals surface area contributed by atoms with E-state index in [0.29, 0.717) is 17.6 Å². The first-order valence-corrected chi connectivity index (χ1v) is 4.70. The molecule has 1 aliphatic rings. The number of carbonyl (C=O) groups is 1. The Morgan fingerprint density at radius 3 is 2.38 bits per heavy atom. The van der Waals surface area contributed by atoms with Gasteiger partial charge in [0.1, 0.15) is 5.78 Å².